The van der Waals surface area contributed by atoms with Gasteiger partial charge in [-0.2, -0.15) is 0 Å². The van der Waals surface area contributed by atoms with Gasteiger partial charge in [0.15, 0.2) is 5.43 Å². The number of hydrogen-bond acceptors (Lipinski definition) is 13. The number of methoxy groups -OCH3 is 1. The number of nitrogen functional groups attached to an aromatic ring is 3. The fraction of sp³-hybridized carbons (Fsp3) is 0.0727. The number of pyridine rings is 1. The first-order valence-corrected chi connectivity index (χ1v) is 25.0. The molecule has 12 nitrogen and oxygen atoms in total. The van der Waals surface area contributed by atoms with Gasteiger partial charge in [0.05, 0.1) is 39.6 Å². The van der Waals surface area contributed by atoms with Crippen molar-refractivity contribution in [3.05, 3.63) is 207 Å². The summed E-state index contributed by atoms with van der Waals surface area (Å²) in [5.74, 6) is 1.39. The highest BCUT2D eigenvalue weighted by Gasteiger charge is 2.17. The monoisotopic (exact) mass is 1000 g/mol. The number of hydrogen-bond donors (Lipinski definition) is 6. The van der Waals surface area contributed by atoms with Crippen LogP contribution in [-0.2, 0) is 10.8 Å². The van der Waals surface area contributed by atoms with E-state index in [0.717, 1.165) is 53.9 Å². The molecule has 9 aromatic rings. The van der Waals surface area contributed by atoms with E-state index in [2.05, 4.69) is 9.97 Å². The number of H-pyrrole nitrogens is 1. The zero-order valence-electron chi connectivity index (χ0n) is 39.2. The Morgan fingerprint density at radius 3 is 1.83 bits per heavy atom. The number of fused-ring (bicyclic) bond motifs is 1. The number of ether oxygens (including phenoxy) is 1. The van der Waals surface area contributed by atoms with E-state index in [1.54, 1.807) is 74.3 Å². The molecule has 11 N–H and O–H groups in total. The van der Waals surface area contributed by atoms with Crippen LogP contribution in [0.4, 0.5) is 21.5 Å². The molecule has 0 saturated heterocycles. The lowest BCUT2D eigenvalue weighted by Gasteiger charge is -2.13. The van der Waals surface area contributed by atoms with Crippen LogP contribution in [0.3, 0.4) is 0 Å². The Hall–Kier alpha value is -8.05. The molecule has 0 saturated carbocycles. The van der Waals surface area contributed by atoms with Gasteiger partial charge in [-0.25, -0.2) is 9.37 Å². The average Bonchev–Trinajstić information content (AvgIpc) is 3.84. The second-order valence-corrected chi connectivity index (χ2v) is 19.2. The Morgan fingerprint density at radius 2 is 1.25 bits per heavy atom. The zero-order valence-corrected chi connectivity index (χ0v) is 41.6. The van der Waals surface area contributed by atoms with Crippen LogP contribution in [0.2, 0.25) is 0 Å². The van der Waals surface area contributed by atoms with Crippen molar-refractivity contribution in [3.8, 4) is 51.0 Å². The molecule has 9 rings (SSSR count). The van der Waals surface area contributed by atoms with E-state index in [1.165, 1.54) is 41.7 Å². The van der Waals surface area contributed by atoms with Crippen LogP contribution in [0, 0.1) is 5.82 Å². The molecule has 0 aliphatic heterocycles. The number of aromatic amines is 1. The third-order valence-electron chi connectivity index (χ3n) is 11.0. The molecule has 1 unspecified atom stereocenters. The number of thioether (sulfide) groups is 2. The minimum atomic E-state index is -1.03. The minimum Gasteiger partial charge on any atom is -0.495 e. The largest absolute Gasteiger partial charge is 0.495 e. The van der Waals surface area contributed by atoms with Crippen LogP contribution in [0.15, 0.2) is 215 Å². The number of nitrogens with one attached hydrogen (secondary N) is 1. The Morgan fingerprint density at radius 1 is 0.690 bits per heavy atom. The highest BCUT2D eigenvalue weighted by molar-refractivity contribution is 8.03. The van der Waals surface area contributed by atoms with E-state index in [0.29, 0.717) is 61.0 Å². The summed E-state index contributed by atoms with van der Waals surface area (Å²) in [5.41, 5.74) is 39.5. The maximum atomic E-state index is 13.3. The lowest BCUT2D eigenvalue weighted by molar-refractivity contribution is 0.417. The van der Waals surface area contributed by atoms with Gasteiger partial charge in [0, 0.05) is 83.8 Å². The first-order valence-electron chi connectivity index (χ1n) is 21.9. The number of benzene rings is 6. The number of rotatable bonds is 11. The summed E-state index contributed by atoms with van der Waals surface area (Å²) in [6.45, 7) is 3.91. The average molecular weight is 1000 g/mol. The first kappa shape index (κ1) is 50.8. The molecule has 0 amide bonds. The van der Waals surface area contributed by atoms with Gasteiger partial charge in [-0.05, 0) is 122 Å². The summed E-state index contributed by atoms with van der Waals surface area (Å²) in [4.78, 5) is 26.9. The van der Waals surface area contributed by atoms with Crippen LogP contribution < -0.4 is 38.8 Å². The second kappa shape index (κ2) is 23.5. The van der Waals surface area contributed by atoms with Crippen molar-refractivity contribution in [2.45, 2.75) is 28.5 Å². The van der Waals surface area contributed by atoms with Crippen molar-refractivity contribution in [2.24, 2.45) is 11.5 Å². The molecule has 3 aromatic heterocycles. The second-order valence-electron chi connectivity index (χ2n) is 15.7. The number of para-hydroxylation sites is 4. The van der Waals surface area contributed by atoms with Gasteiger partial charge >= 0.3 is 0 Å². The Bertz CT molecular complexity index is 3390. The zero-order chi connectivity index (χ0) is 50.6. The van der Waals surface area contributed by atoms with Gasteiger partial charge in [0.25, 0.3) is 0 Å². The number of nitrogens with two attached hydrogens (primary N) is 5. The number of halogens is 1. The van der Waals surface area contributed by atoms with Crippen LogP contribution in [0.25, 0.3) is 56.2 Å². The molecule has 71 heavy (non-hydrogen) atoms. The van der Waals surface area contributed by atoms with Crippen molar-refractivity contribution in [1.29, 1.82) is 0 Å². The van der Waals surface area contributed by atoms with Gasteiger partial charge in [-0.15, -0.1) is 0 Å². The Labute approximate surface area is 421 Å². The summed E-state index contributed by atoms with van der Waals surface area (Å²) in [7, 11) is 0.520. The van der Waals surface area contributed by atoms with Crippen LogP contribution in [0.5, 0.6) is 5.75 Å². The smallest absolute Gasteiger partial charge is 0.193 e. The van der Waals surface area contributed by atoms with Crippen molar-refractivity contribution in [3.63, 3.8) is 0 Å². The number of imidazole rings is 1. The fourth-order valence-electron chi connectivity index (χ4n) is 6.94. The highest BCUT2D eigenvalue weighted by Crippen LogP contribution is 2.37. The predicted octanol–water partition coefficient (Wildman–Crippen LogP) is 11.8. The summed E-state index contributed by atoms with van der Waals surface area (Å²) in [6.07, 6.45) is 5.08. The Balaban J connectivity index is 0.000000158. The molecule has 0 bridgehead atoms. The number of nitrogens with zero attached hydrogens (tertiary/aromatic N) is 2. The molecule has 360 valence electrons. The van der Waals surface area contributed by atoms with Crippen molar-refractivity contribution < 1.29 is 17.8 Å². The van der Waals surface area contributed by atoms with E-state index >= 15 is 0 Å². The van der Waals surface area contributed by atoms with Gasteiger partial charge in [0.2, 0.25) is 0 Å². The molecule has 16 heteroatoms. The van der Waals surface area contributed by atoms with Gasteiger partial charge in [-0.3, -0.25) is 14.0 Å². The molecular formula is C55H51FN8O4S3. The molecule has 1 atom stereocenters. The maximum absolute atomic E-state index is 13.3. The normalized spacial score (nSPS) is 12.1. The minimum absolute atomic E-state index is 0.0935. The summed E-state index contributed by atoms with van der Waals surface area (Å²) >= 11 is 2.88. The number of anilines is 3. The quantitative estimate of drug-likeness (QED) is 0.0403. The van der Waals surface area contributed by atoms with Crippen LogP contribution in [0.1, 0.15) is 13.8 Å². The fourth-order valence-corrected chi connectivity index (χ4v) is 9.21. The molecule has 0 fully saturated rings. The number of allylic oxidation sites excluding steroid dienone is 2. The maximum Gasteiger partial charge on any atom is 0.193 e. The van der Waals surface area contributed by atoms with Crippen molar-refractivity contribution in [2.75, 3.05) is 30.6 Å². The van der Waals surface area contributed by atoms with E-state index in [4.69, 9.17) is 42.8 Å². The SMILES string of the molecule is CC(=C(/N)Sc1ccccc1N)/C(C)=C(\N)Sc1ccccc1N.COc1cccc(-c2cc(=O)c3ccccc3o2)c1N.CS(=O)c1ccc(-c2nc(-c3ccc(F)cc3)c(-c3ccncc3)[nH]2)cc1. The molecular weight excluding hydrogens is 952 g/mol. The summed E-state index contributed by atoms with van der Waals surface area (Å²) in [5, 5.41) is 1.91. The van der Waals surface area contributed by atoms with Gasteiger partial charge in [-0.1, -0.05) is 78.1 Å². The molecule has 0 radical (unpaired) electrons. The van der Waals surface area contributed by atoms with Gasteiger partial charge < -0.3 is 42.8 Å². The third-order valence-corrected chi connectivity index (χ3v) is 14.2. The lowest BCUT2D eigenvalue weighted by atomic mass is 10.1. The molecule has 0 aliphatic carbocycles. The van der Waals surface area contributed by atoms with Gasteiger partial charge in [0.1, 0.15) is 28.7 Å². The molecule has 0 aliphatic rings. The number of aromatic nitrogens is 3. The summed E-state index contributed by atoms with van der Waals surface area (Å²) in [6, 6.07) is 46.7. The lowest BCUT2D eigenvalue weighted by Crippen LogP contribution is -2.04. The topological polar surface area (TPSA) is 228 Å². The van der Waals surface area contributed by atoms with Crippen molar-refractivity contribution in [1.82, 2.24) is 15.0 Å². The highest BCUT2D eigenvalue weighted by atomic mass is 32.2. The van der Waals surface area contributed by atoms with E-state index < -0.39 is 10.8 Å². The predicted molar refractivity (Wildman–Crippen MR) is 291 cm³/mol. The van der Waals surface area contributed by atoms with E-state index in [1.807, 2.05) is 105 Å². The van der Waals surface area contributed by atoms with E-state index in [9.17, 15) is 13.4 Å². The standard InChI is InChI=1S/C21H16FN3OS.C18H22N4S2.C16H13NO3/c1-27(26)18-8-4-16(5-9-18)21-24-19(14-2-6-17(22)7-3-14)20(25-21)15-10-12-23-13-11-15;1-11(17(21)23-15-9-5-3-7-13(15)19)12(2)18(22)24-16-10-6-4-8-14(16)20;1-19-14-8-4-6-11(16(14)17)15-9-12(18)10-5-2-3-7-13(10)20-15/h2-13H,1H3,(H,24,25);3-10H,19-22H2,1-2H3;2-9H,17H2,1H3/b;17-11+,18-12+;. The first-order chi connectivity index (χ1) is 34.2. The van der Waals surface area contributed by atoms with Crippen LogP contribution in [-0.4, -0.2) is 32.5 Å². The third kappa shape index (κ3) is 12.6. The Kier molecular flexibility index (Phi) is 16.8. The van der Waals surface area contributed by atoms with E-state index in [-0.39, 0.29) is 11.2 Å². The van der Waals surface area contributed by atoms with Crippen molar-refractivity contribution >= 4 is 62.4 Å². The molecule has 3 heterocycles. The molecule has 6 aromatic carbocycles. The van der Waals surface area contributed by atoms with Crippen LogP contribution >= 0.6 is 23.5 Å². The summed E-state index contributed by atoms with van der Waals surface area (Å²) < 4.78 is 35.9. The molecule has 0 spiro atoms.